The van der Waals surface area contributed by atoms with Crippen LogP contribution in [0.5, 0.6) is 5.75 Å². The molecule has 1 fully saturated rings. The molecule has 1 heterocycles. The molecule has 0 spiro atoms. The number of nitrogens with zero attached hydrogens (tertiary/aromatic N) is 1. The molecule has 1 aliphatic heterocycles. The van der Waals surface area contributed by atoms with Gasteiger partial charge in [-0.05, 0) is 42.3 Å². The highest BCUT2D eigenvalue weighted by Gasteiger charge is 2.24. The number of rotatable bonds is 5. The summed E-state index contributed by atoms with van der Waals surface area (Å²) in [7, 11) is 0. The van der Waals surface area contributed by atoms with Gasteiger partial charge in [0.15, 0.2) is 0 Å². The highest BCUT2D eigenvalue weighted by Crippen LogP contribution is 2.31. The van der Waals surface area contributed by atoms with E-state index in [2.05, 4.69) is 46.6 Å². The maximum Gasteiger partial charge on any atom is 0.119 e. The van der Waals surface area contributed by atoms with Crippen LogP contribution in [0.25, 0.3) is 0 Å². The molecule has 3 rings (SSSR count). The van der Waals surface area contributed by atoms with Crippen LogP contribution in [0, 0.1) is 0 Å². The minimum atomic E-state index is 0.228. The molecule has 1 aliphatic rings. The molecule has 0 aromatic heterocycles. The van der Waals surface area contributed by atoms with E-state index in [-0.39, 0.29) is 6.04 Å². The van der Waals surface area contributed by atoms with Crippen LogP contribution in [-0.4, -0.2) is 37.7 Å². The summed E-state index contributed by atoms with van der Waals surface area (Å²) in [4.78, 5) is 2.51. The average Bonchev–Trinajstić information content (AvgIpc) is 2.58. The van der Waals surface area contributed by atoms with E-state index in [1.165, 1.54) is 11.1 Å². The fraction of sp³-hybridized carbons (Fsp3) is 0.368. The molecule has 122 valence electrons. The zero-order valence-electron chi connectivity index (χ0n) is 13.5. The Morgan fingerprint density at radius 1 is 1.09 bits per heavy atom. The van der Waals surface area contributed by atoms with Gasteiger partial charge in [0.1, 0.15) is 5.75 Å². The van der Waals surface area contributed by atoms with Crippen molar-refractivity contribution in [3.8, 4) is 5.75 Å². The maximum absolute atomic E-state index is 6.23. The van der Waals surface area contributed by atoms with Crippen LogP contribution in [0.2, 0.25) is 5.02 Å². The minimum Gasteiger partial charge on any atom is -0.494 e. The van der Waals surface area contributed by atoms with Gasteiger partial charge >= 0.3 is 0 Å². The highest BCUT2D eigenvalue weighted by atomic mass is 35.5. The molecule has 1 saturated heterocycles. The third-order valence-electron chi connectivity index (χ3n) is 4.19. The predicted molar refractivity (Wildman–Crippen MR) is 95.3 cm³/mol. The molecule has 1 atom stereocenters. The van der Waals surface area contributed by atoms with Crippen LogP contribution in [0.3, 0.4) is 0 Å². The van der Waals surface area contributed by atoms with Gasteiger partial charge in [0.25, 0.3) is 0 Å². The molecule has 0 bridgehead atoms. The summed E-state index contributed by atoms with van der Waals surface area (Å²) < 4.78 is 5.57. The van der Waals surface area contributed by atoms with Crippen molar-refractivity contribution in [2.75, 3.05) is 32.8 Å². The highest BCUT2D eigenvalue weighted by molar-refractivity contribution is 6.30. The second-order valence-corrected chi connectivity index (χ2v) is 6.18. The SMILES string of the molecule is CCOc1ccc(C(c2cccc(Cl)c2)N2CCNCC2)cc1. The summed E-state index contributed by atoms with van der Waals surface area (Å²) in [5, 5.41) is 4.21. The largest absolute Gasteiger partial charge is 0.494 e. The van der Waals surface area contributed by atoms with Gasteiger partial charge in [-0.3, -0.25) is 4.90 Å². The Kier molecular flexibility index (Phi) is 5.55. The fourth-order valence-corrected chi connectivity index (χ4v) is 3.34. The van der Waals surface area contributed by atoms with Crippen molar-refractivity contribution >= 4 is 11.6 Å². The Hall–Kier alpha value is -1.55. The standard InChI is InChI=1S/C19H23ClN2O/c1-2-23-18-8-6-15(7-9-18)19(22-12-10-21-11-13-22)16-4-3-5-17(20)14-16/h3-9,14,19,21H,2,10-13H2,1H3. The quantitative estimate of drug-likeness (QED) is 0.904. The van der Waals surface area contributed by atoms with Gasteiger partial charge in [-0.1, -0.05) is 35.9 Å². The van der Waals surface area contributed by atoms with Gasteiger partial charge < -0.3 is 10.1 Å². The first-order valence-electron chi connectivity index (χ1n) is 8.21. The molecule has 1 unspecified atom stereocenters. The summed E-state index contributed by atoms with van der Waals surface area (Å²) >= 11 is 6.23. The Morgan fingerprint density at radius 3 is 2.48 bits per heavy atom. The number of piperazine rings is 1. The Morgan fingerprint density at radius 2 is 1.83 bits per heavy atom. The molecule has 23 heavy (non-hydrogen) atoms. The van der Waals surface area contributed by atoms with Crippen molar-refractivity contribution in [2.45, 2.75) is 13.0 Å². The number of ether oxygens (including phenoxy) is 1. The van der Waals surface area contributed by atoms with Gasteiger partial charge in [-0.15, -0.1) is 0 Å². The first kappa shape index (κ1) is 16.3. The summed E-state index contributed by atoms with van der Waals surface area (Å²) in [6.45, 7) is 6.80. The third kappa shape index (κ3) is 4.05. The van der Waals surface area contributed by atoms with Crippen molar-refractivity contribution in [2.24, 2.45) is 0 Å². The summed E-state index contributed by atoms with van der Waals surface area (Å²) in [5.41, 5.74) is 2.51. The van der Waals surface area contributed by atoms with Crippen LogP contribution in [-0.2, 0) is 0 Å². The number of hydrogen-bond acceptors (Lipinski definition) is 3. The molecule has 0 aliphatic carbocycles. The van der Waals surface area contributed by atoms with E-state index in [1.54, 1.807) is 0 Å². The van der Waals surface area contributed by atoms with Gasteiger partial charge in [0.05, 0.1) is 12.6 Å². The molecule has 2 aromatic carbocycles. The first-order chi connectivity index (χ1) is 11.3. The lowest BCUT2D eigenvalue weighted by Crippen LogP contribution is -2.45. The summed E-state index contributed by atoms with van der Waals surface area (Å²) in [5.74, 6) is 0.918. The van der Waals surface area contributed by atoms with E-state index in [0.29, 0.717) is 6.61 Å². The van der Waals surface area contributed by atoms with Crippen molar-refractivity contribution in [1.29, 1.82) is 0 Å². The molecule has 0 saturated carbocycles. The van der Waals surface area contributed by atoms with E-state index >= 15 is 0 Å². The van der Waals surface area contributed by atoms with Gasteiger partial charge in [-0.25, -0.2) is 0 Å². The lowest BCUT2D eigenvalue weighted by atomic mass is 9.96. The number of benzene rings is 2. The van der Waals surface area contributed by atoms with Crippen molar-refractivity contribution < 1.29 is 4.74 Å². The molecular formula is C19H23ClN2O. The minimum absolute atomic E-state index is 0.228. The Bertz CT molecular complexity index is 624. The monoisotopic (exact) mass is 330 g/mol. The van der Waals surface area contributed by atoms with Crippen LogP contribution >= 0.6 is 11.6 Å². The van der Waals surface area contributed by atoms with E-state index in [0.717, 1.165) is 37.0 Å². The molecular weight excluding hydrogens is 308 g/mol. The average molecular weight is 331 g/mol. The van der Waals surface area contributed by atoms with Crippen LogP contribution in [0.4, 0.5) is 0 Å². The van der Waals surface area contributed by atoms with Gasteiger partial charge in [0, 0.05) is 31.2 Å². The van der Waals surface area contributed by atoms with E-state index < -0.39 is 0 Å². The Labute approximate surface area is 143 Å². The zero-order chi connectivity index (χ0) is 16.1. The number of halogens is 1. The topological polar surface area (TPSA) is 24.5 Å². The fourth-order valence-electron chi connectivity index (χ4n) is 3.14. The maximum atomic E-state index is 6.23. The lowest BCUT2D eigenvalue weighted by molar-refractivity contribution is 0.198. The van der Waals surface area contributed by atoms with Crippen LogP contribution < -0.4 is 10.1 Å². The van der Waals surface area contributed by atoms with E-state index in [9.17, 15) is 0 Å². The van der Waals surface area contributed by atoms with Crippen molar-refractivity contribution in [3.63, 3.8) is 0 Å². The number of nitrogens with one attached hydrogen (secondary N) is 1. The zero-order valence-corrected chi connectivity index (χ0v) is 14.2. The molecule has 3 nitrogen and oxygen atoms in total. The molecule has 0 amide bonds. The smallest absolute Gasteiger partial charge is 0.119 e. The van der Waals surface area contributed by atoms with Gasteiger partial charge in [-0.2, -0.15) is 0 Å². The van der Waals surface area contributed by atoms with Gasteiger partial charge in [0.2, 0.25) is 0 Å². The molecule has 4 heteroatoms. The van der Waals surface area contributed by atoms with Crippen LogP contribution in [0.15, 0.2) is 48.5 Å². The number of hydrogen-bond donors (Lipinski definition) is 1. The second kappa shape index (κ2) is 7.82. The predicted octanol–water partition coefficient (Wildman–Crippen LogP) is 3.73. The normalized spacial score (nSPS) is 17.0. The molecule has 1 N–H and O–H groups in total. The molecule has 0 radical (unpaired) electrons. The summed E-state index contributed by atoms with van der Waals surface area (Å²) in [6.07, 6.45) is 0. The van der Waals surface area contributed by atoms with Crippen molar-refractivity contribution in [3.05, 3.63) is 64.7 Å². The second-order valence-electron chi connectivity index (χ2n) is 5.75. The first-order valence-corrected chi connectivity index (χ1v) is 8.58. The van der Waals surface area contributed by atoms with Crippen molar-refractivity contribution in [1.82, 2.24) is 10.2 Å². The molecule has 2 aromatic rings. The van der Waals surface area contributed by atoms with E-state index in [1.807, 2.05) is 19.1 Å². The van der Waals surface area contributed by atoms with E-state index in [4.69, 9.17) is 16.3 Å². The lowest BCUT2D eigenvalue weighted by Gasteiger charge is -2.35. The third-order valence-corrected chi connectivity index (χ3v) is 4.42. The van der Waals surface area contributed by atoms with Crippen LogP contribution in [0.1, 0.15) is 24.1 Å². The summed E-state index contributed by atoms with van der Waals surface area (Å²) in [6, 6.07) is 16.9. The Balaban J connectivity index is 1.93.